The molecule has 0 aliphatic heterocycles. The number of benzene rings is 1. The van der Waals surface area contributed by atoms with Gasteiger partial charge < -0.3 is 4.74 Å². The second-order valence-electron chi connectivity index (χ2n) is 4.56. The largest absolute Gasteiger partial charge is 0.492 e. The van der Waals surface area contributed by atoms with Crippen LogP contribution in [0.1, 0.15) is 5.56 Å². The first-order valence-electron chi connectivity index (χ1n) is 6.18. The quantitative estimate of drug-likeness (QED) is 0.818. The van der Waals surface area contributed by atoms with Gasteiger partial charge in [0.25, 0.3) is 0 Å². The van der Waals surface area contributed by atoms with Crippen molar-refractivity contribution in [3.05, 3.63) is 46.7 Å². The number of nitrogens with zero attached hydrogens (tertiary/aromatic N) is 3. The summed E-state index contributed by atoms with van der Waals surface area (Å²) in [6.45, 7) is 2.45. The molecule has 2 aromatic rings. The minimum Gasteiger partial charge on any atom is -0.492 e. The molecule has 0 N–H and O–H groups in total. The topological polar surface area (TPSA) is 30.3 Å². The van der Waals surface area contributed by atoms with Gasteiger partial charge in [0.05, 0.1) is 6.20 Å². The molecule has 19 heavy (non-hydrogen) atoms. The lowest BCUT2D eigenvalue weighted by atomic mass is 10.3. The van der Waals surface area contributed by atoms with E-state index in [0.717, 1.165) is 23.3 Å². The zero-order chi connectivity index (χ0) is 13.7. The van der Waals surface area contributed by atoms with Gasteiger partial charge in [-0.1, -0.05) is 15.9 Å². The maximum absolute atomic E-state index is 5.69. The number of aryl methyl sites for hydroxylation is 1. The standard InChI is InChI=1S/C14H18BrN3O/c1-17(10-12-9-16-18(2)11-12)7-8-19-14-5-3-13(15)4-6-14/h3-6,9,11H,7-8,10H2,1-2H3. The zero-order valence-electron chi connectivity index (χ0n) is 11.2. The zero-order valence-corrected chi connectivity index (χ0v) is 12.8. The third-order valence-electron chi connectivity index (χ3n) is 2.77. The molecule has 0 saturated carbocycles. The average molecular weight is 324 g/mol. The highest BCUT2D eigenvalue weighted by Gasteiger charge is 2.02. The molecule has 1 heterocycles. The summed E-state index contributed by atoms with van der Waals surface area (Å²) in [6, 6.07) is 7.89. The van der Waals surface area contributed by atoms with E-state index in [2.05, 4.69) is 33.0 Å². The Kier molecular flexibility index (Phi) is 4.99. The first-order valence-corrected chi connectivity index (χ1v) is 6.97. The highest BCUT2D eigenvalue weighted by molar-refractivity contribution is 9.10. The van der Waals surface area contributed by atoms with Crippen LogP contribution in [0.15, 0.2) is 41.1 Å². The monoisotopic (exact) mass is 323 g/mol. The molecule has 0 fully saturated rings. The molecule has 0 radical (unpaired) electrons. The average Bonchev–Trinajstić information content (AvgIpc) is 2.77. The molecule has 5 heteroatoms. The van der Waals surface area contributed by atoms with Crippen molar-refractivity contribution in [3.63, 3.8) is 0 Å². The molecule has 4 nitrogen and oxygen atoms in total. The maximum atomic E-state index is 5.69. The second kappa shape index (κ2) is 6.73. The number of hydrogen-bond donors (Lipinski definition) is 0. The Balaban J connectivity index is 1.71. The van der Waals surface area contributed by atoms with Crippen LogP contribution < -0.4 is 4.74 Å². The van der Waals surface area contributed by atoms with Crippen LogP contribution in [-0.2, 0) is 13.6 Å². The lowest BCUT2D eigenvalue weighted by Gasteiger charge is -2.16. The molecule has 2 rings (SSSR count). The van der Waals surface area contributed by atoms with Gasteiger partial charge in [-0.15, -0.1) is 0 Å². The number of rotatable bonds is 6. The summed E-state index contributed by atoms with van der Waals surface area (Å²) < 4.78 is 8.58. The Morgan fingerprint density at radius 2 is 2.05 bits per heavy atom. The third-order valence-corrected chi connectivity index (χ3v) is 3.29. The molecule has 1 aromatic heterocycles. The summed E-state index contributed by atoms with van der Waals surface area (Å²) in [6.07, 6.45) is 3.93. The second-order valence-corrected chi connectivity index (χ2v) is 5.48. The molecule has 0 aliphatic rings. The number of likely N-dealkylation sites (N-methyl/N-ethyl adjacent to an activating group) is 1. The minimum absolute atomic E-state index is 0.679. The van der Waals surface area contributed by atoms with Crippen molar-refractivity contribution in [2.45, 2.75) is 6.54 Å². The third kappa shape index (κ3) is 4.69. The van der Waals surface area contributed by atoms with Crippen molar-refractivity contribution in [2.24, 2.45) is 7.05 Å². The van der Waals surface area contributed by atoms with Crippen LogP contribution in [0, 0.1) is 0 Å². The summed E-state index contributed by atoms with van der Waals surface area (Å²) in [7, 11) is 4.01. The smallest absolute Gasteiger partial charge is 0.119 e. The predicted octanol–water partition coefficient (Wildman–Crippen LogP) is 2.69. The predicted molar refractivity (Wildman–Crippen MR) is 79.2 cm³/mol. The van der Waals surface area contributed by atoms with Crippen LogP contribution in [0.25, 0.3) is 0 Å². The highest BCUT2D eigenvalue weighted by atomic mass is 79.9. The van der Waals surface area contributed by atoms with Crippen LogP contribution in [0.3, 0.4) is 0 Å². The minimum atomic E-state index is 0.679. The van der Waals surface area contributed by atoms with Crippen molar-refractivity contribution in [2.75, 3.05) is 20.2 Å². The number of hydrogen-bond acceptors (Lipinski definition) is 3. The van der Waals surface area contributed by atoms with Crippen molar-refractivity contribution in [1.29, 1.82) is 0 Å². The van der Waals surface area contributed by atoms with E-state index in [9.17, 15) is 0 Å². The fourth-order valence-electron chi connectivity index (χ4n) is 1.79. The molecule has 102 valence electrons. The van der Waals surface area contributed by atoms with Gasteiger partial charge in [-0.25, -0.2) is 0 Å². The van der Waals surface area contributed by atoms with Crippen molar-refractivity contribution < 1.29 is 4.74 Å². The lowest BCUT2D eigenvalue weighted by Crippen LogP contribution is -2.23. The molecule has 0 spiro atoms. The Morgan fingerprint density at radius 1 is 1.32 bits per heavy atom. The van der Waals surface area contributed by atoms with Gasteiger partial charge in [-0.3, -0.25) is 9.58 Å². The van der Waals surface area contributed by atoms with Crippen molar-refractivity contribution in [1.82, 2.24) is 14.7 Å². The van der Waals surface area contributed by atoms with Crippen LogP contribution in [-0.4, -0.2) is 34.9 Å². The molecule has 1 aromatic carbocycles. The van der Waals surface area contributed by atoms with E-state index in [4.69, 9.17) is 4.74 Å². The molecule has 0 aliphatic carbocycles. The van der Waals surface area contributed by atoms with Crippen molar-refractivity contribution in [3.8, 4) is 5.75 Å². The Morgan fingerprint density at radius 3 is 2.68 bits per heavy atom. The molecular weight excluding hydrogens is 306 g/mol. The summed E-state index contributed by atoms with van der Waals surface area (Å²) in [5.74, 6) is 0.901. The van der Waals surface area contributed by atoms with Gasteiger partial charge in [-0.05, 0) is 31.3 Å². The highest BCUT2D eigenvalue weighted by Crippen LogP contribution is 2.15. The van der Waals surface area contributed by atoms with Gasteiger partial charge in [0.2, 0.25) is 0 Å². The van der Waals surface area contributed by atoms with E-state index in [1.54, 1.807) is 0 Å². The van der Waals surface area contributed by atoms with Crippen LogP contribution in [0.2, 0.25) is 0 Å². The summed E-state index contributed by atoms with van der Waals surface area (Å²) in [5.41, 5.74) is 1.22. The fraction of sp³-hybridized carbons (Fsp3) is 0.357. The van der Waals surface area contributed by atoms with Crippen LogP contribution in [0.5, 0.6) is 5.75 Å². The van der Waals surface area contributed by atoms with Gasteiger partial charge >= 0.3 is 0 Å². The van der Waals surface area contributed by atoms with E-state index in [-0.39, 0.29) is 0 Å². The molecule has 0 atom stereocenters. The normalized spacial score (nSPS) is 10.9. The van der Waals surface area contributed by atoms with E-state index >= 15 is 0 Å². The molecule has 0 unspecified atom stereocenters. The molecule has 0 amide bonds. The van der Waals surface area contributed by atoms with Gasteiger partial charge in [0.15, 0.2) is 0 Å². The van der Waals surface area contributed by atoms with E-state index < -0.39 is 0 Å². The van der Waals surface area contributed by atoms with Gasteiger partial charge in [-0.2, -0.15) is 5.10 Å². The van der Waals surface area contributed by atoms with Crippen LogP contribution >= 0.6 is 15.9 Å². The lowest BCUT2D eigenvalue weighted by molar-refractivity contribution is 0.233. The number of halogens is 1. The molecular formula is C14H18BrN3O. The van der Waals surface area contributed by atoms with Crippen molar-refractivity contribution >= 4 is 15.9 Å². The summed E-state index contributed by atoms with van der Waals surface area (Å²) >= 11 is 3.40. The molecule has 0 saturated heterocycles. The van der Waals surface area contributed by atoms with E-state index in [1.165, 1.54) is 5.56 Å². The SMILES string of the molecule is CN(CCOc1ccc(Br)cc1)Cc1cnn(C)c1. The molecule has 0 bridgehead atoms. The first kappa shape index (κ1) is 14.1. The van der Waals surface area contributed by atoms with E-state index in [0.29, 0.717) is 6.61 Å². The Hall–Kier alpha value is -1.33. The Labute approximate surface area is 122 Å². The number of aromatic nitrogens is 2. The summed E-state index contributed by atoms with van der Waals surface area (Å²) in [4.78, 5) is 2.22. The maximum Gasteiger partial charge on any atom is 0.119 e. The van der Waals surface area contributed by atoms with Gasteiger partial charge in [0.1, 0.15) is 12.4 Å². The Bertz CT molecular complexity index is 510. The summed E-state index contributed by atoms with van der Waals surface area (Å²) in [5, 5.41) is 4.16. The van der Waals surface area contributed by atoms with Crippen LogP contribution in [0.4, 0.5) is 0 Å². The van der Waals surface area contributed by atoms with E-state index in [1.807, 2.05) is 48.4 Å². The fourth-order valence-corrected chi connectivity index (χ4v) is 2.06. The number of ether oxygens (including phenoxy) is 1. The first-order chi connectivity index (χ1) is 9.13. The van der Waals surface area contributed by atoms with Gasteiger partial charge in [0, 0.05) is 36.4 Å².